The Morgan fingerprint density at radius 1 is 1.35 bits per heavy atom. The van der Waals surface area contributed by atoms with E-state index in [1.165, 1.54) is 15.6 Å². The molecule has 1 aromatic rings. The number of hydrogen-bond donors (Lipinski definition) is 1. The number of thiophene rings is 1. The first-order chi connectivity index (χ1) is 10.4. The second-order valence-corrected chi connectivity index (χ2v) is 8.76. The highest BCUT2D eigenvalue weighted by atomic mass is 35.5. The standard InChI is InChI=1S/C14H23N3O3S2.ClH/c1-15-7-10-16(2)13(18)11-12-5-6-14(21-12)22(19,20)17-8-3-4-9-17;/h5-6,15H,3-4,7-11H2,1-2H3;1H. The fourth-order valence-corrected chi connectivity index (χ4v) is 5.35. The third-order valence-electron chi connectivity index (χ3n) is 3.74. The van der Waals surface area contributed by atoms with Gasteiger partial charge in [0.1, 0.15) is 4.21 Å². The van der Waals surface area contributed by atoms with Crippen LogP contribution in [0.2, 0.25) is 0 Å². The molecule has 1 aliphatic heterocycles. The Labute approximate surface area is 148 Å². The molecule has 0 radical (unpaired) electrons. The minimum Gasteiger partial charge on any atom is -0.344 e. The van der Waals surface area contributed by atoms with Gasteiger partial charge in [0.2, 0.25) is 5.91 Å². The monoisotopic (exact) mass is 381 g/mol. The Balaban J connectivity index is 0.00000264. The van der Waals surface area contributed by atoms with E-state index in [1.807, 2.05) is 7.05 Å². The average molecular weight is 382 g/mol. The smallest absolute Gasteiger partial charge is 0.252 e. The Hall–Kier alpha value is -0.670. The van der Waals surface area contributed by atoms with Crippen molar-refractivity contribution in [2.75, 3.05) is 40.3 Å². The van der Waals surface area contributed by atoms with Gasteiger partial charge in [-0.1, -0.05) is 0 Å². The maximum atomic E-state index is 12.4. The largest absolute Gasteiger partial charge is 0.344 e. The van der Waals surface area contributed by atoms with Gasteiger partial charge in [0.05, 0.1) is 6.42 Å². The number of hydrogen-bond acceptors (Lipinski definition) is 5. The Kier molecular flexibility index (Phi) is 7.96. The van der Waals surface area contributed by atoms with Crippen LogP contribution in [0.1, 0.15) is 17.7 Å². The summed E-state index contributed by atoms with van der Waals surface area (Å²) in [5.41, 5.74) is 0. The summed E-state index contributed by atoms with van der Waals surface area (Å²) < 4.78 is 26.8. The summed E-state index contributed by atoms with van der Waals surface area (Å²) in [7, 11) is 0.228. The first kappa shape index (κ1) is 20.4. The molecule has 2 rings (SSSR count). The lowest BCUT2D eigenvalue weighted by Crippen LogP contribution is -2.33. The molecule has 1 fully saturated rings. The van der Waals surface area contributed by atoms with Crippen molar-refractivity contribution in [1.82, 2.24) is 14.5 Å². The van der Waals surface area contributed by atoms with Gasteiger partial charge in [-0.15, -0.1) is 23.7 Å². The van der Waals surface area contributed by atoms with E-state index in [1.54, 1.807) is 24.1 Å². The lowest BCUT2D eigenvalue weighted by Gasteiger charge is -2.16. The first-order valence-electron chi connectivity index (χ1n) is 7.42. The van der Waals surface area contributed by atoms with Crippen LogP contribution in [-0.2, 0) is 21.2 Å². The van der Waals surface area contributed by atoms with Crippen molar-refractivity contribution in [2.24, 2.45) is 0 Å². The van der Waals surface area contributed by atoms with Gasteiger partial charge in [-0.05, 0) is 32.0 Å². The molecule has 2 heterocycles. The van der Waals surface area contributed by atoms with Crippen molar-refractivity contribution in [2.45, 2.75) is 23.5 Å². The molecule has 0 aromatic carbocycles. The topological polar surface area (TPSA) is 69.7 Å². The Morgan fingerprint density at radius 3 is 2.61 bits per heavy atom. The molecule has 1 aliphatic rings. The number of sulfonamides is 1. The van der Waals surface area contributed by atoms with Gasteiger partial charge < -0.3 is 10.2 Å². The lowest BCUT2D eigenvalue weighted by molar-refractivity contribution is -0.129. The van der Waals surface area contributed by atoms with Gasteiger partial charge in [0, 0.05) is 38.1 Å². The van der Waals surface area contributed by atoms with Crippen LogP contribution in [-0.4, -0.2) is 63.8 Å². The molecule has 1 N–H and O–H groups in total. The number of likely N-dealkylation sites (N-methyl/N-ethyl adjacent to an activating group) is 2. The molecule has 23 heavy (non-hydrogen) atoms. The lowest BCUT2D eigenvalue weighted by atomic mass is 10.3. The number of carbonyl (C=O) groups is 1. The van der Waals surface area contributed by atoms with Crippen LogP contribution in [0, 0.1) is 0 Å². The van der Waals surface area contributed by atoms with E-state index in [-0.39, 0.29) is 24.7 Å². The number of amides is 1. The van der Waals surface area contributed by atoms with Crippen LogP contribution in [0.15, 0.2) is 16.3 Å². The molecule has 0 saturated carbocycles. The molecule has 9 heteroatoms. The van der Waals surface area contributed by atoms with E-state index < -0.39 is 10.0 Å². The number of rotatable bonds is 7. The van der Waals surface area contributed by atoms with Crippen LogP contribution in [0.4, 0.5) is 0 Å². The minimum atomic E-state index is -3.37. The van der Waals surface area contributed by atoms with Crippen molar-refractivity contribution >= 4 is 39.7 Å². The van der Waals surface area contributed by atoms with E-state index >= 15 is 0 Å². The number of halogens is 1. The van der Waals surface area contributed by atoms with Crippen molar-refractivity contribution in [3.63, 3.8) is 0 Å². The second kappa shape index (κ2) is 8.98. The fraction of sp³-hybridized carbons (Fsp3) is 0.643. The molecule has 132 valence electrons. The molecule has 1 saturated heterocycles. The van der Waals surface area contributed by atoms with Crippen LogP contribution >= 0.6 is 23.7 Å². The van der Waals surface area contributed by atoms with Crippen LogP contribution in [0.25, 0.3) is 0 Å². The van der Waals surface area contributed by atoms with Crippen molar-refractivity contribution in [1.29, 1.82) is 0 Å². The highest BCUT2D eigenvalue weighted by Crippen LogP contribution is 2.27. The zero-order chi connectivity index (χ0) is 16.2. The second-order valence-electron chi connectivity index (χ2n) is 5.43. The van der Waals surface area contributed by atoms with Gasteiger partial charge in [0.15, 0.2) is 0 Å². The maximum Gasteiger partial charge on any atom is 0.252 e. The van der Waals surface area contributed by atoms with E-state index in [0.717, 1.165) is 24.3 Å². The Bertz CT molecular complexity index is 613. The summed E-state index contributed by atoms with van der Waals surface area (Å²) in [6, 6.07) is 3.37. The molecule has 0 bridgehead atoms. The summed E-state index contributed by atoms with van der Waals surface area (Å²) in [4.78, 5) is 14.5. The molecule has 0 unspecified atom stereocenters. The summed E-state index contributed by atoms with van der Waals surface area (Å²) in [5.74, 6) is 0.00206. The number of nitrogens with zero attached hydrogens (tertiary/aromatic N) is 2. The molecule has 1 amide bonds. The van der Waals surface area contributed by atoms with Crippen LogP contribution < -0.4 is 5.32 Å². The van der Waals surface area contributed by atoms with Gasteiger partial charge in [-0.2, -0.15) is 4.31 Å². The Morgan fingerprint density at radius 2 is 2.00 bits per heavy atom. The summed E-state index contributed by atoms with van der Waals surface area (Å²) in [5, 5.41) is 3.00. The molecular formula is C14H24ClN3O3S2. The van der Waals surface area contributed by atoms with E-state index in [9.17, 15) is 13.2 Å². The average Bonchev–Trinajstić information content (AvgIpc) is 3.16. The van der Waals surface area contributed by atoms with Crippen molar-refractivity contribution in [3.05, 3.63) is 17.0 Å². The summed E-state index contributed by atoms with van der Waals surface area (Å²) in [6.45, 7) is 2.57. The van der Waals surface area contributed by atoms with Crippen molar-refractivity contribution in [3.8, 4) is 0 Å². The fourth-order valence-electron chi connectivity index (χ4n) is 2.34. The minimum absolute atomic E-state index is 0. The maximum absolute atomic E-state index is 12.4. The highest BCUT2D eigenvalue weighted by Gasteiger charge is 2.28. The molecule has 1 aromatic heterocycles. The van der Waals surface area contributed by atoms with Crippen LogP contribution in [0.5, 0.6) is 0 Å². The zero-order valence-corrected chi connectivity index (χ0v) is 15.9. The predicted octanol–water partition coefficient (Wildman–Crippen LogP) is 1.17. The van der Waals surface area contributed by atoms with Gasteiger partial charge in [0.25, 0.3) is 10.0 Å². The van der Waals surface area contributed by atoms with Crippen LogP contribution in [0.3, 0.4) is 0 Å². The van der Waals surface area contributed by atoms with Gasteiger partial charge in [-0.3, -0.25) is 4.79 Å². The molecule has 0 aliphatic carbocycles. The molecule has 0 atom stereocenters. The van der Waals surface area contributed by atoms with E-state index in [4.69, 9.17) is 0 Å². The van der Waals surface area contributed by atoms with E-state index in [2.05, 4.69) is 5.32 Å². The molecule has 6 nitrogen and oxygen atoms in total. The summed E-state index contributed by atoms with van der Waals surface area (Å²) in [6.07, 6.45) is 2.10. The number of nitrogens with one attached hydrogen (secondary N) is 1. The van der Waals surface area contributed by atoms with Gasteiger partial charge >= 0.3 is 0 Å². The predicted molar refractivity (Wildman–Crippen MR) is 94.8 cm³/mol. The van der Waals surface area contributed by atoms with E-state index in [0.29, 0.717) is 23.8 Å². The summed E-state index contributed by atoms with van der Waals surface area (Å²) >= 11 is 1.20. The molecule has 0 spiro atoms. The SMILES string of the molecule is CNCCN(C)C(=O)Cc1ccc(S(=O)(=O)N2CCCC2)s1.Cl. The molecular weight excluding hydrogens is 358 g/mol. The van der Waals surface area contributed by atoms with Gasteiger partial charge in [-0.25, -0.2) is 8.42 Å². The normalized spacial score (nSPS) is 15.4. The first-order valence-corrected chi connectivity index (χ1v) is 9.68. The van der Waals surface area contributed by atoms with Crippen molar-refractivity contribution < 1.29 is 13.2 Å². The zero-order valence-electron chi connectivity index (χ0n) is 13.4. The number of carbonyl (C=O) groups excluding carboxylic acids is 1. The third-order valence-corrected chi connectivity index (χ3v) is 7.20. The highest BCUT2D eigenvalue weighted by molar-refractivity contribution is 7.91. The third kappa shape index (κ3) is 5.15. The quantitative estimate of drug-likeness (QED) is 0.769.